The van der Waals surface area contributed by atoms with Crippen LogP contribution in [0, 0.1) is 25.7 Å². The molecule has 0 saturated heterocycles. The van der Waals surface area contributed by atoms with Crippen LogP contribution in [-0.2, 0) is 9.59 Å². The average Bonchev–Trinajstić information content (AvgIpc) is 2.69. The van der Waals surface area contributed by atoms with Crippen molar-refractivity contribution in [3.8, 4) is 5.75 Å². The van der Waals surface area contributed by atoms with Crippen LogP contribution in [0.25, 0.3) is 0 Å². The number of carbonyl (C=O) groups is 2. The molecule has 29 heavy (non-hydrogen) atoms. The number of hydrogen-bond donors (Lipinski definition) is 2. The quantitative estimate of drug-likeness (QED) is 0.717. The average molecular weight is 395 g/mol. The van der Waals surface area contributed by atoms with Crippen LogP contribution in [-0.4, -0.2) is 18.4 Å². The van der Waals surface area contributed by atoms with E-state index in [1.807, 2.05) is 57.2 Å². The zero-order valence-electron chi connectivity index (χ0n) is 17.5. The maximum Gasteiger partial charge on any atom is 0.227 e. The molecule has 1 aliphatic carbocycles. The van der Waals surface area contributed by atoms with E-state index in [1.54, 1.807) is 0 Å². The Labute approximate surface area is 172 Å². The number of aryl methyl sites for hydroxylation is 2. The molecule has 1 fully saturated rings. The van der Waals surface area contributed by atoms with Crippen molar-refractivity contribution in [1.82, 2.24) is 0 Å². The maximum absolute atomic E-state index is 12.6. The highest BCUT2D eigenvalue weighted by Gasteiger charge is 2.30. The summed E-state index contributed by atoms with van der Waals surface area (Å²) < 4.78 is 5.42. The lowest BCUT2D eigenvalue weighted by molar-refractivity contribution is -0.125. The van der Waals surface area contributed by atoms with Crippen LogP contribution >= 0.6 is 0 Å². The van der Waals surface area contributed by atoms with Crippen molar-refractivity contribution < 1.29 is 14.3 Å². The Kier molecular flexibility index (Phi) is 6.91. The summed E-state index contributed by atoms with van der Waals surface area (Å²) in [5, 5.41) is 6.02. The van der Waals surface area contributed by atoms with E-state index in [9.17, 15) is 9.59 Å². The number of benzene rings is 2. The highest BCUT2D eigenvalue weighted by Crippen LogP contribution is 2.31. The van der Waals surface area contributed by atoms with Crippen molar-refractivity contribution in [2.24, 2.45) is 11.8 Å². The van der Waals surface area contributed by atoms with Gasteiger partial charge in [-0.25, -0.2) is 0 Å². The van der Waals surface area contributed by atoms with Crippen LogP contribution in [0.1, 0.15) is 43.7 Å². The third-order valence-corrected chi connectivity index (χ3v) is 5.39. The van der Waals surface area contributed by atoms with Gasteiger partial charge in [-0.15, -0.1) is 0 Å². The van der Waals surface area contributed by atoms with Crippen molar-refractivity contribution in [2.75, 3.05) is 17.2 Å². The van der Waals surface area contributed by atoms with E-state index < -0.39 is 0 Å². The second-order valence-corrected chi connectivity index (χ2v) is 7.86. The molecule has 0 bridgehead atoms. The van der Waals surface area contributed by atoms with Crippen molar-refractivity contribution in [1.29, 1.82) is 0 Å². The summed E-state index contributed by atoms with van der Waals surface area (Å²) in [6.07, 6.45) is 2.93. The number of amides is 2. The fourth-order valence-corrected chi connectivity index (χ4v) is 3.95. The molecule has 5 nitrogen and oxygen atoms in total. The fourth-order valence-electron chi connectivity index (χ4n) is 3.95. The van der Waals surface area contributed by atoms with Crippen LogP contribution < -0.4 is 15.4 Å². The van der Waals surface area contributed by atoms with Gasteiger partial charge in [0.1, 0.15) is 5.75 Å². The molecule has 0 heterocycles. The molecule has 0 spiro atoms. The van der Waals surface area contributed by atoms with E-state index in [2.05, 4.69) is 16.7 Å². The molecule has 1 saturated carbocycles. The van der Waals surface area contributed by atoms with Gasteiger partial charge in [-0.05, 0) is 94.0 Å². The largest absolute Gasteiger partial charge is 0.494 e. The van der Waals surface area contributed by atoms with Gasteiger partial charge in [0, 0.05) is 23.2 Å². The molecule has 2 N–H and O–H groups in total. The van der Waals surface area contributed by atoms with Gasteiger partial charge in [0.25, 0.3) is 0 Å². The van der Waals surface area contributed by atoms with Gasteiger partial charge in [0.15, 0.2) is 0 Å². The highest BCUT2D eigenvalue weighted by molar-refractivity contribution is 5.94. The van der Waals surface area contributed by atoms with E-state index in [-0.39, 0.29) is 23.7 Å². The number of nitrogens with one attached hydrogen (secondary N) is 2. The van der Waals surface area contributed by atoms with Crippen LogP contribution in [0.15, 0.2) is 42.5 Å². The van der Waals surface area contributed by atoms with Crippen molar-refractivity contribution in [3.05, 3.63) is 53.6 Å². The summed E-state index contributed by atoms with van der Waals surface area (Å²) in [4.78, 5) is 25.2. The fraction of sp³-hybridized carbons (Fsp3) is 0.417. The molecule has 5 heteroatoms. The normalized spacial score (nSPS) is 18.7. The lowest BCUT2D eigenvalue weighted by atomic mass is 9.81. The second kappa shape index (κ2) is 9.59. The Morgan fingerprint density at radius 1 is 0.828 bits per heavy atom. The maximum atomic E-state index is 12.6. The van der Waals surface area contributed by atoms with E-state index in [4.69, 9.17) is 4.74 Å². The number of anilines is 2. The van der Waals surface area contributed by atoms with Gasteiger partial charge in [0.05, 0.1) is 6.61 Å². The Hall–Kier alpha value is -2.82. The zero-order chi connectivity index (χ0) is 20.8. The minimum absolute atomic E-state index is 0.0299. The first kappa shape index (κ1) is 20.9. The van der Waals surface area contributed by atoms with Gasteiger partial charge in [-0.3, -0.25) is 9.59 Å². The number of hydrogen-bond acceptors (Lipinski definition) is 3. The van der Waals surface area contributed by atoms with Gasteiger partial charge in [-0.2, -0.15) is 0 Å². The Morgan fingerprint density at radius 2 is 1.31 bits per heavy atom. The molecule has 2 aromatic rings. The summed E-state index contributed by atoms with van der Waals surface area (Å²) in [5.74, 6) is 0.792. The van der Waals surface area contributed by atoms with Gasteiger partial charge in [0.2, 0.25) is 11.8 Å². The Morgan fingerprint density at radius 3 is 1.79 bits per heavy atom. The van der Waals surface area contributed by atoms with Crippen LogP contribution in [0.4, 0.5) is 11.4 Å². The molecule has 0 unspecified atom stereocenters. The van der Waals surface area contributed by atoms with Crippen molar-refractivity contribution >= 4 is 23.2 Å². The number of carbonyl (C=O) groups excluding carboxylic acids is 2. The lowest BCUT2D eigenvalue weighted by Crippen LogP contribution is -2.32. The second-order valence-electron chi connectivity index (χ2n) is 7.86. The summed E-state index contributed by atoms with van der Waals surface area (Å²) >= 11 is 0. The van der Waals surface area contributed by atoms with E-state index in [1.165, 1.54) is 0 Å². The standard InChI is InChI=1S/C24H30N2O3/c1-4-29-22-11-9-20(10-12-22)25-23(27)18-5-7-19(8-6-18)24(28)26-21-14-16(2)13-17(3)15-21/h9-15,18-19H,4-8H2,1-3H3,(H,25,27)(H,26,28). The summed E-state index contributed by atoms with van der Waals surface area (Å²) in [6, 6.07) is 13.5. The molecule has 1 aliphatic rings. The first-order chi connectivity index (χ1) is 13.9. The first-order valence-electron chi connectivity index (χ1n) is 10.4. The SMILES string of the molecule is CCOc1ccc(NC(=O)C2CCC(C(=O)Nc3cc(C)cc(C)c3)CC2)cc1. The number of ether oxygens (including phenoxy) is 1. The monoisotopic (exact) mass is 394 g/mol. The third-order valence-electron chi connectivity index (χ3n) is 5.39. The van der Waals surface area contributed by atoms with E-state index >= 15 is 0 Å². The van der Waals surface area contributed by atoms with Crippen LogP contribution in [0.5, 0.6) is 5.75 Å². The topological polar surface area (TPSA) is 67.4 Å². The molecule has 2 aromatic carbocycles. The number of rotatable bonds is 6. The predicted molar refractivity (Wildman–Crippen MR) is 116 cm³/mol. The molecule has 0 atom stereocenters. The Bertz CT molecular complexity index is 833. The Balaban J connectivity index is 1.49. The molecule has 0 aliphatic heterocycles. The van der Waals surface area contributed by atoms with Crippen LogP contribution in [0.3, 0.4) is 0 Å². The molecular formula is C24H30N2O3. The lowest BCUT2D eigenvalue weighted by Gasteiger charge is -2.27. The molecule has 2 amide bonds. The highest BCUT2D eigenvalue weighted by atomic mass is 16.5. The van der Waals surface area contributed by atoms with Crippen LogP contribution in [0.2, 0.25) is 0 Å². The summed E-state index contributed by atoms with van der Waals surface area (Å²) in [6.45, 7) is 6.61. The van der Waals surface area contributed by atoms with Crippen molar-refractivity contribution in [2.45, 2.75) is 46.5 Å². The summed E-state index contributed by atoms with van der Waals surface area (Å²) in [5.41, 5.74) is 3.89. The first-order valence-corrected chi connectivity index (χ1v) is 10.4. The third kappa shape index (κ3) is 5.83. The molecule has 0 aromatic heterocycles. The van der Waals surface area contributed by atoms with E-state index in [0.717, 1.165) is 53.9 Å². The minimum atomic E-state index is -0.0492. The zero-order valence-corrected chi connectivity index (χ0v) is 17.5. The van der Waals surface area contributed by atoms with Gasteiger partial charge in [-0.1, -0.05) is 6.07 Å². The molecule has 154 valence electrons. The molecular weight excluding hydrogens is 364 g/mol. The predicted octanol–water partition coefficient (Wildman–Crippen LogP) is 5.09. The van der Waals surface area contributed by atoms with Crippen molar-refractivity contribution in [3.63, 3.8) is 0 Å². The van der Waals surface area contributed by atoms with Gasteiger partial charge >= 0.3 is 0 Å². The minimum Gasteiger partial charge on any atom is -0.494 e. The summed E-state index contributed by atoms with van der Waals surface area (Å²) in [7, 11) is 0. The molecule has 0 radical (unpaired) electrons. The smallest absolute Gasteiger partial charge is 0.227 e. The van der Waals surface area contributed by atoms with E-state index in [0.29, 0.717) is 6.61 Å². The van der Waals surface area contributed by atoms with Gasteiger partial charge < -0.3 is 15.4 Å². The molecule has 3 rings (SSSR count).